The maximum atomic E-state index is 14.2. The number of carbonyl (C=O) groups is 5. The molecule has 0 spiro atoms. The summed E-state index contributed by atoms with van der Waals surface area (Å²) >= 11 is 6.14. The minimum Gasteiger partial charge on any atom is -0.455 e. The average Bonchev–Trinajstić information content (AvgIpc) is 3.42. The molecular weight excluding hydrogens is 821 g/mol. The number of likely N-dealkylation sites (tertiary alicyclic amines) is 2. The number of likely N-dealkylation sites (N-methyl/N-ethyl adjacent to an activating group) is 1. The lowest BCUT2D eigenvalue weighted by molar-refractivity contribution is -0.153. The van der Waals surface area contributed by atoms with E-state index < -0.39 is 41.5 Å². The molecule has 2 aromatic carbocycles. The first-order valence-electron chi connectivity index (χ1n) is 21.1. The topological polar surface area (TPSA) is 161 Å². The quantitative estimate of drug-likeness (QED) is 0.229. The summed E-state index contributed by atoms with van der Waals surface area (Å²) in [7, 11) is 0. The molecule has 0 aliphatic carbocycles. The second-order valence-electron chi connectivity index (χ2n) is 16.0. The van der Waals surface area contributed by atoms with E-state index in [4.69, 9.17) is 26.8 Å². The highest BCUT2D eigenvalue weighted by Gasteiger charge is 2.38. The number of esters is 1. The summed E-state index contributed by atoms with van der Waals surface area (Å²) in [4.78, 5) is 76.4. The molecule has 19 heteroatoms. The molecule has 2 aromatic rings. The normalized spacial score (nSPS) is 19.1. The second-order valence-corrected chi connectivity index (χ2v) is 16.4. The van der Waals surface area contributed by atoms with Crippen LogP contribution >= 0.6 is 11.6 Å². The van der Waals surface area contributed by atoms with Crippen molar-refractivity contribution in [2.45, 2.75) is 76.7 Å². The molecule has 15 nitrogen and oxygen atoms in total. The zero-order chi connectivity index (χ0) is 43.8. The van der Waals surface area contributed by atoms with Crippen LogP contribution in [0.15, 0.2) is 36.4 Å². The predicted octanol–water partition coefficient (Wildman–Crippen LogP) is 4.56. The largest absolute Gasteiger partial charge is 0.455 e. The van der Waals surface area contributed by atoms with E-state index in [1.54, 1.807) is 14.7 Å². The molecular formula is C42H56ClF3N8O7. The Bertz CT molecular complexity index is 1900. The number of piperazine rings is 1. The lowest BCUT2D eigenvalue weighted by Crippen LogP contribution is -2.57. The molecule has 334 valence electrons. The fourth-order valence-electron chi connectivity index (χ4n) is 8.71. The molecule has 5 amide bonds. The van der Waals surface area contributed by atoms with Crippen molar-refractivity contribution in [3.8, 4) is 0 Å². The Morgan fingerprint density at radius 1 is 0.902 bits per heavy atom. The standard InChI is InChI=1S/C42H56ClF3N8O7/c1-3-50(4-2)36(55)27-60-37(56)26-49-14-10-30(11-15-49)51-19-21-52(22-20-51)39(57)35(25-28-23-32(42(44,45)46)38(47)33(43)24-28)61-41(59)53-16-12-31(13-17-53)54-18-9-29-7-5-6-8-34(29)48-40(54)58/h5-8,23-24,30-31,35H,3-4,9-22,25-27,47H2,1-2H3,(H,48,58). The summed E-state index contributed by atoms with van der Waals surface area (Å²) in [5, 5.41) is 2.65. The van der Waals surface area contributed by atoms with E-state index in [2.05, 4.69) is 10.2 Å². The van der Waals surface area contributed by atoms with Gasteiger partial charge in [0, 0.05) is 96.2 Å². The van der Waals surface area contributed by atoms with Gasteiger partial charge in [0.25, 0.3) is 11.8 Å². The molecule has 1 unspecified atom stereocenters. The number of carbonyl (C=O) groups excluding carboxylic acids is 5. The molecule has 3 N–H and O–H groups in total. The van der Waals surface area contributed by atoms with Gasteiger partial charge in [-0.2, -0.15) is 13.2 Å². The Morgan fingerprint density at radius 3 is 2.21 bits per heavy atom. The van der Waals surface area contributed by atoms with E-state index in [9.17, 15) is 37.1 Å². The molecule has 0 radical (unpaired) electrons. The van der Waals surface area contributed by atoms with Crippen molar-refractivity contribution in [3.05, 3.63) is 58.1 Å². The summed E-state index contributed by atoms with van der Waals surface area (Å²) in [5.41, 5.74) is 5.76. The maximum absolute atomic E-state index is 14.2. The molecule has 4 aliphatic rings. The highest BCUT2D eigenvalue weighted by atomic mass is 35.5. The number of piperidine rings is 2. The van der Waals surface area contributed by atoms with Crippen molar-refractivity contribution in [1.29, 1.82) is 0 Å². The molecule has 61 heavy (non-hydrogen) atoms. The summed E-state index contributed by atoms with van der Waals surface area (Å²) < 4.78 is 52.9. The first-order chi connectivity index (χ1) is 29.1. The Kier molecular flexibility index (Phi) is 15.3. The lowest BCUT2D eigenvalue weighted by atomic mass is 10.0. The van der Waals surface area contributed by atoms with Crippen molar-refractivity contribution in [2.24, 2.45) is 0 Å². The molecule has 4 aliphatic heterocycles. The Balaban J connectivity index is 1.04. The van der Waals surface area contributed by atoms with E-state index in [0.717, 1.165) is 30.2 Å². The number of alkyl halides is 3. The van der Waals surface area contributed by atoms with Gasteiger partial charge in [-0.25, -0.2) is 9.59 Å². The number of benzene rings is 2. The molecule has 0 bridgehead atoms. The van der Waals surface area contributed by atoms with Crippen LogP contribution in [0, 0.1) is 0 Å². The average molecular weight is 877 g/mol. The number of rotatable bonds is 12. The van der Waals surface area contributed by atoms with E-state index in [-0.39, 0.29) is 67.3 Å². The Labute approximate surface area is 359 Å². The number of fused-ring (bicyclic) bond motifs is 1. The minimum atomic E-state index is -4.81. The highest BCUT2D eigenvalue weighted by Crippen LogP contribution is 2.38. The van der Waals surface area contributed by atoms with Gasteiger partial charge in [-0.05, 0) is 75.3 Å². The SMILES string of the molecule is CCN(CC)C(=O)COC(=O)CN1CCC(N2CCN(C(=O)C(Cc3cc(Cl)c(N)c(C(F)(F)F)c3)OC(=O)N3CCC(N4CCc5ccccc5NC4=O)CC3)CC2)CC1. The molecule has 0 aromatic heterocycles. The van der Waals surface area contributed by atoms with Crippen LogP contribution in [0.3, 0.4) is 0 Å². The Hall–Kier alpha value is -4.81. The van der Waals surface area contributed by atoms with Crippen molar-refractivity contribution in [2.75, 3.05) is 96.2 Å². The van der Waals surface area contributed by atoms with Gasteiger partial charge in [0.15, 0.2) is 12.7 Å². The van der Waals surface area contributed by atoms with Gasteiger partial charge in [-0.3, -0.25) is 24.2 Å². The number of amides is 5. The van der Waals surface area contributed by atoms with Crippen LogP contribution in [0.4, 0.5) is 34.1 Å². The van der Waals surface area contributed by atoms with Crippen molar-refractivity contribution in [1.82, 2.24) is 29.4 Å². The number of halogens is 4. The van der Waals surface area contributed by atoms with Crippen LogP contribution in [0.1, 0.15) is 56.2 Å². The molecule has 3 saturated heterocycles. The van der Waals surface area contributed by atoms with Crippen LogP contribution in [-0.2, 0) is 42.9 Å². The fraction of sp³-hybridized carbons (Fsp3) is 0.595. The summed E-state index contributed by atoms with van der Waals surface area (Å²) in [6.07, 6.45) is -4.18. The van der Waals surface area contributed by atoms with Crippen molar-refractivity contribution in [3.63, 3.8) is 0 Å². The van der Waals surface area contributed by atoms with Crippen LogP contribution < -0.4 is 11.1 Å². The molecule has 0 saturated carbocycles. The summed E-state index contributed by atoms with van der Waals surface area (Å²) in [6, 6.07) is 9.60. The number of hydrogen-bond donors (Lipinski definition) is 2. The third-order valence-electron chi connectivity index (χ3n) is 12.3. The number of anilines is 2. The van der Waals surface area contributed by atoms with Crippen molar-refractivity contribution < 1.29 is 46.6 Å². The van der Waals surface area contributed by atoms with E-state index >= 15 is 0 Å². The number of nitrogen functional groups attached to an aromatic ring is 1. The van der Waals surface area contributed by atoms with Gasteiger partial charge < -0.3 is 40.1 Å². The first-order valence-corrected chi connectivity index (χ1v) is 21.5. The van der Waals surface area contributed by atoms with Crippen LogP contribution in [0.25, 0.3) is 0 Å². The number of urea groups is 1. The van der Waals surface area contributed by atoms with Gasteiger partial charge in [0.1, 0.15) is 0 Å². The highest BCUT2D eigenvalue weighted by molar-refractivity contribution is 6.33. The number of hydrogen-bond acceptors (Lipinski definition) is 10. The zero-order valence-electron chi connectivity index (χ0n) is 34.8. The number of ether oxygens (including phenoxy) is 2. The monoisotopic (exact) mass is 876 g/mol. The Morgan fingerprint density at radius 2 is 1.56 bits per heavy atom. The molecule has 1 atom stereocenters. The van der Waals surface area contributed by atoms with Gasteiger partial charge in [-0.15, -0.1) is 0 Å². The summed E-state index contributed by atoms with van der Waals surface area (Å²) in [6.45, 7) is 8.63. The van der Waals surface area contributed by atoms with Gasteiger partial charge in [0.2, 0.25) is 0 Å². The van der Waals surface area contributed by atoms with Gasteiger partial charge in [-0.1, -0.05) is 29.8 Å². The maximum Gasteiger partial charge on any atom is 0.418 e. The van der Waals surface area contributed by atoms with Crippen molar-refractivity contribution >= 4 is 52.9 Å². The van der Waals surface area contributed by atoms with E-state index in [1.807, 2.05) is 43.0 Å². The minimum absolute atomic E-state index is 0.0364. The number of nitrogens with zero attached hydrogens (tertiary/aromatic N) is 6. The van der Waals surface area contributed by atoms with E-state index in [0.29, 0.717) is 78.2 Å². The summed E-state index contributed by atoms with van der Waals surface area (Å²) in [5.74, 6) is -1.21. The lowest BCUT2D eigenvalue weighted by Gasteiger charge is -2.43. The van der Waals surface area contributed by atoms with Crippen LogP contribution in [0.2, 0.25) is 5.02 Å². The van der Waals surface area contributed by atoms with Crippen LogP contribution in [0.5, 0.6) is 0 Å². The number of nitrogens with one attached hydrogen (secondary N) is 1. The number of para-hydroxylation sites is 1. The van der Waals surface area contributed by atoms with Gasteiger partial charge >= 0.3 is 24.3 Å². The third-order valence-corrected chi connectivity index (χ3v) is 12.6. The smallest absolute Gasteiger partial charge is 0.418 e. The zero-order valence-corrected chi connectivity index (χ0v) is 35.5. The molecule has 4 heterocycles. The predicted molar refractivity (Wildman–Crippen MR) is 222 cm³/mol. The molecule has 6 rings (SSSR count). The fourth-order valence-corrected chi connectivity index (χ4v) is 8.95. The van der Waals surface area contributed by atoms with Gasteiger partial charge in [0.05, 0.1) is 22.8 Å². The van der Waals surface area contributed by atoms with E-state index in [1.165, 1.54) is 11.0 Å². The first kappa shape index (κ1) is 45.7. The number of nitrogens with two attached hydrogens (primary N) is 1. The second kappa shape index (κ2) is 20.4. The third kappa shape index (κ3) is 11.6. The molecule has 3 fully saturated rings. The van der Waals surface area contributed by atoms with Crippen LogP contribution in [-0.4, -0.2) is 163 Å².